The molecule has 0 bridgehead atoms. The number of amides is 1. The molecule has 166 valence electrons. The van der Waals surface area contributed by atoms with Crippen molar-refractivity contribution in [2.24, 2.45) is 0 Å². The predicted octanol–water partition coefficient (Wildman–Crippen LogP) is 4.09. The molecule has 4 aromatic rings. The van der Waals surface area contributed by atoms with Gasteiger partial charge in [-0.15, -0.1) is 0 Å². The summed E-state index contributed by atoms with van der Waals surface area (Å²) in [6.07, 6.45) is -1.04. The SMILES string of the molecule is COc1cc2c(cc1NC(=O)C(C)OC(=O)CCn1c(C)csc1=O)oc1ccccc12. The molecule has 0 aliphatic rings. The number of anilines is 1. The highest BCUT2D eigenvalue weighted by Crippen LogP contribution is 2.36. The zero-order valence-electron chi connectivity index (χ0n) is 17.8. The predicted molar refractivity (Wildman–Crippen MR) is 122 cm³/mol. The van der Waals surface area contributed by atoms with Gasteiger partial charge in [-0.25, -0.2) is 0 Å². The fourth-order valence-corrected chi connectivity index (χ4v) is 4.20. The number of ether oxygens (including phenoxy) is 2. The summed E-state index contributed by atoms with van der Waals surface area (Å²) in [5.74, 6) is -0.607. The highest BCUT2D eigenvalue weighted by Gasteiger charge is 2.21. The molecule has 0 fully saturated rings. The third-order valence-electron chi connectivity index (χ3n) is 5.15. The van der Waals surface area contributed by atoms with E-state index < -0.39 is 18.0 Å². The van der Waals surface area contributed by atoms with E-state index in [4.69, 9.17) is 13.9 Å². The summed E-state index contributed by atoms with van der Waals surface area (Å²) in [6, 6.07) is 11.1. The Morgan fingerprint density at radius 1 is 1.19 bits per heavy atom. The van der Waals surface area contributed by atoms with E-state index in [1.54, 1.807) is 24.4 Å². The standard InChI is InChI=1S/C23H22N2O6S/c1-13-12-32-23(28)25(13)9-8-21(26)30-14(2)22(27)24-17-11-19-16(10-20(17)29-3)15-6-4-5-7-18(15)31-19/h4-7,10-12,14H,8-9H2,1-3H3,(H,24,27). The van der Waals surface area contributed by atoms with Crippen LogP contribution in [0.1, 0.15) is 19.0 Å². The van der Waals surface area contributed by atoms with Gasteiger partial charge in [0.25, 0.3) is 5.91 Å². The van der Waals surface area contributed by atoms with E-state index in [0.717, 1.165) is 33.4 Å². The molecule has 9 heteroatoms. The van der Waals surface area contributed by atoms with E-state index in [-0.39, 0.29) is 17.8 Å². The number of fused-ring (bicyclic) bond motifs is 3. The lowest BCUT2D eigenvalue weighted by molar-refractivity contribution is -0.153. The van der Waals surface area contributed by atoms with E-state index in [0.29, 0.717) is 17.0 Å². The lowest BCUT2D eigenvalue weighted by Gasteiger charge is -2.15. The van der Waals surface area contributed by atoms with Crippen LogP contribution in [0.2, 0.25) is 0 Å². The van der Waals surface area contributed by atoms with Gasteiger partial charge in [0.05, 0.1) is 19.2 Å². The van der Waals surface area contributed by atoms with Gasteiger partial charge in [0.15, 0.2) is 6.10 Å². The Morgan fingerprint density at radius 3 is 2.69 bits per heavy atom. The molecule has 2 aromatic heterocycles. The van der Waals surface area contributed by atoms with Crippen LogP contribution in [0.5, 0.6) is 5.75 Å². The molecule has 0 spiro atoms. The van der Waals surface area contributed by atoms with Crippen LogP contribution in [0.3, 0.4) is 0 Å². The average Bonchev–Trinajstić information content (AvgIpc) is 3.30. The second-order valence-electron chi connectivity index (χ2n) is 7.31. The number of benzene rings is 2. The van der Waals surface area contributed by atoms with Crippen LogP contribution in [0, 0.1) is 6.92 Å². The number of nitrogens with one attached hydrogen (secondary N) is 1. The van der Waals surface area contributed by atoms with E-state index in [9.17, 15) is 14.4 Å². The number of nitrogens with zero attached hydrogens (tertiary/aromatic N) is 1. The molecule has 8 nitrogen and oxygen atoms in total. The van der Waals surface area contributed by atoms with Crippen molar-refractivity contribution in [2.45, 2.75) is 32.9 Å². The minimum absolute atomic E-state index is 0.0106. The molecule has 4 rings (SSSR count). The lowest BCUT2D eigenvalue weighted by atomic mass is 10.1. The molecule has 0 aliphatic carbocycles. The van der Waals surface area contributed by atoms with E-state index in [2.05, 4.69) is 5.32 Å². The first-order valence-corrected chi connectivity index (χ1v) is 10.9. The molecule has 1 atom stereocenters. The van der Waals surface area contributed by atoms with Crippen molar-refractivity contribution in [2.75, 3.05) is 12.4 Å². The van der Waals surface area contributed by atoms with Crippen LogP contribution in [0.15, 0.2) is 51.0 Å². The summed E-state index contributed by atoms with van der Waals surface area (Å²) in [5, 5.41) is 6.28. The van der Waals surface area contributed by atoms with Gasteiger partial charge in [0.2, 0.25) is 0 Å². The molecule has 1 N–H and O–H groups in total. The van der Waals surface area contributed by atoms with Crippen LogP contribution >= 0.6 is 11.3 Å². The average molecular weight is 455 g/mol. The molecular weight excluding hydrogens is 432 g/mol. The molecule has 0 saturated heterocycles. The topological polar surface area (TPSA) is 99.8 Å². The van der Waals surface area contributed by atoms with Gasteiger partial charge in [0.1, 0.15) is 16.9 Å². The Kier molecular flexibility index (Phi) is 6.00. The second-order valence-corrected chi connectivity index (χ2v) is 8.13. The fraction of sp³-hybridized carbons (Fsp3) is 0.261. The zero-order valence-corrected chi connectivity index (χ0v) is 18.7. The number of methoxy groups -OCH3 is 1. The normalized spacial score (nSPS) is 12.1. The van der Waals surface area contributed by atoms with Crippen LogP contribution in [0.4, 0.5) is 5.69 Å². The van der Waals surface area contributed by atoms with Gasteiger partial charge >= 0.3 is 10.8 Å². The minimum Gasteiger partial charge on any atom is -0.495 e. The minimum atomic E-state index is -1.03. The van der Waals surface area contributed by atoms with Crippen molar-refractivity contribution < 1.29 is 23.5 Å². The number of carbonyl (C=O) groups excluding carboxylic acids is 2. The highest BCUT2D eigenvalue weighted by atomic mass is 32.1. The van der Waals surface area contributed by atoms with Crippen molar-refractivity contribution in [3.63, 3.8) is 0 Å². The number of furan rings is 1. The monoisotopic (exact) mass is 454 g/mol. The maximum absolute atomic E-state index is 12.6. The van der Waals surface area contributed by atoms with E-state index in [1.807, 2.05) is 24.3 Å². The Bertz CT molecular complexity index is 1370. The number of carbonyl (C=O) groups is 2. The maximum Gasteiger partial charge on any atom is 0.308 e. The first-order chi connectivity index (χ1) is 15.4. The van der Waals surface area contributed by atoms with E-state index >= 15 is 0 Å². The van der Waals surface area contributed by atoms with Crippen molar-refractivity contribution in [3.8, 4) is 5.75 Å². The van der Waals surface area contributed by atoms with Gasteiger partial charge in [-0.3, -0.25) is 14.4 Å². The number of rotatable bonds is 7. The summed E-state index contributed by atoms with van der Waals surface area (Å²) >= 11 is 1.08. The molecule has 1 amide bonds. The third kappa shape index (κ3) is 4.24. The quantitative estimate of drug-likeness (QED) is 0.422. The number of thiazole rings is 1. The molecular formula is C23H22N2O6S. The molecule has 0 aliphatic heterocycles. The number of hydrogen-bond acceptors (Lipinski definition) is 7. The first kappa shape index (κ1) is 21.6. The maximum atomic E-state index is 12.6. The summed E-state index contributed by atoms with van der Waals surface area (Å²) in [5.41, 5.74) is 2.53. The molecule has 32 heavy (non-hydrogen) atoms. The molecule has 0 saturated carbocycles. The molecule has 2 aromatic carbocycles. The summed E-state index contributed by atoms with van der Waals surface area (Å²) in [7, 11) is 1.51. The fourth-order valence-electron chi connectivity index (χ4n) is 3.44. The largest absolute Gasteiger partial charge is 0.495 e. The van der Waals surface area contributed by atoms with Crippen LogP contribution < -0.4 is 14.9 Å². The zero-order chi connectivity index (χ0) is 22.8. The number of para-hydroxylation sites is 1. The van der Waals surface area contributed by atoms with Gasteiger partial charge in [-0.2, -0.15) is 0 Å². The summed E-state index contributed by atoms with van der Waals surface area (Å²) in [6.45, 7) is 3.49. The second kappa shape index (κ2) is 8.88. The molecule has 1 unspecified atom stereocenters. The number of hydrogen-bond donors (Lipinski definition) is 1. The van der Waals surface area contributed by atoms with Crippen LogP contribution in [-0.4, -0.2) is 29.7 Å². The lowest BCUT2D eigenvalue weighted by Crippen LogP contribution is -2.30. The van der Waals surface area contributed by atoms with Crippen molar-refractivity contribution in [3.05, 3.63) is 57.1 Å². The van der Waals surface area contributed by atoms with E-state index in [1.165, 1.54) is 18.6 Å². The number of aryl methyl sites for hydroxylation is 1. The Morgan fingerprint density at radius 2 is 1.97 bits per heavy atom. The molecule has 2 heterocycles. The van der Waals surface area contributed by atoms with Crippen LogP contribution in [0.25, 0.3) is 21.9 Å². The van der Waals surface area contributed by atoms with Gasteiger partial charge < -0.3 is 23.8 Å². The summed E-state index contributed by atoms with van der Waals surface area (Å²) in [4.78, 5) is 36.4. The van der Waals surface area contributed by atoms with Crippen molar-refractivity contribution in [1.29, 1.82) is 0 Å². The smallest absolute Gasteiger partial charge is 0.308 e. The summed E-state index contributed by atoms with van der Waals surface area (Å²) < 4.78 is 18.1. The number of esters is 1. The highest BCUT2D eigenvalue weighted by molar-refractivity contribution is 7.07. The first-order valence-electron chi connectivity index (χ1n) is 10.0. The van der Waals surface area contributed by atoms with Gasteiger partial charge in [-0.1, -0.05) is 29.5 Å². The Balaban J connectivity index is 1.44. The van der Waals surface area contributed by atoms with Crippen LogP contribution in [-0.2, 0) is 20.9 Å². The third-order valence-corrected chi connectivity index (χ3v) is 6.03. The van der Waals surface area contributed by atoms with Crippen molar-refractivity contribution >= 4 is 50.8 Å². The number of aromatic nitrogens is 1. The molecule has 0 radical (unpaired) electrons. The van der Waals surface area contributed by atoms with Gasteiger partial charge in [-0.05, 0) is 26.0 Å². The van der Waals surface area contributed by atoms with Crippen molar-refractivity contribution in [1.82, 2.24) is 4.57 Å². The Labute approximate surface area is 187 Å². The van der Waals surface area contributed by atoms with Gasteiger partial charge in [0, 0.05) is 34.5 Å². The Hall–Kier alpha value is -3.59.